The first kappa shape index (κ1) is 22.8. The van der Waals surface area contributed by atoms with Gasteiger partial charge in [0, 0.05) is 38.7 Å². The lowest BCUT2D eigenvalue weighted by Crippen LogP contribution is -2.26. The Hall–Kier alpha value is -2.93. The molecule has 5 nitrogen and oxygen atoms in total. The zero-order chi connectivity index (χ0) is 24.0. The predicted molar refractivity (Wildman–Crippen MR) is 139 cm³/mol. The third-order valence-corrected chi connectivity index (χ3v) is 7.55. The highest BCUT2D eigenvalue weighted by Gasteiger charge is 2.37. The first-order valence-corrected chi connectivity index (χ1v) is 13.3. The molecular weight excluding hydrogens is 489 g/mol. The number of hydrogen-bond acceptors (Lipinski definition) is 4. The van der Waals surface area contributed by atoms with Gasteiger partial charge in [0.05, 0.1) is 23.5 Å². The van der Waals surface area contributed by atoms with E-state index in [9.17, 15) is 8.42 Å². The second kappa shape index (κ2) is 8.69. The molecule has 0 aliphatic carbocycles. The van der Waals surface area contributed by atoms with Gasteiger partial charge < -0.3 is 0 Å². The summed E-state index contributed by atoms with van der Waals surface area (Å²) >= 11 is 12.8. The van der Waals surface area contributed by atoms with E-state index in [1.54, 1.807) is 6.07 Å². The molecule has 0 amide bonds. The summed E-state index contributed by atoms with van der Waals surface area (Å²) < 4.78 is 26.7. The van der Waals surface area contributed by atoms with Gasteiger partial charge in [0.25, 0.3) is 0 Å². The molecule has 0 spiro atoms. The smallest absolute Gasteiger partial charge is 0.247 e. The van der Waals surface area contributed by atoms with Crippen molar-refractivity contribution >= 4 is 49.8 Å². The first-order chi connectivity index (χ1) is 16.2. The van der Waals surface area contributed by atoms with Gasteiger partial charge in [-0.25, -0.2) is 8.42 Å². The molecule has 0 saturated heterocycles. The topological polar surface area (TPSA) is 62.6 Å². The molecular formula is C26H21Cl2N3O2S. The zero-order valence-corrected chi connectivity index (χ0v) is 20.9. The number of hydrogen-bond donors (Lipinski definition) is 0. The molecule has 0 radical (unpaired) electrons. The molecule has 4 aromatic rings. The molecule has 34 heavy (non-hydrogen) atoms. The molecule has 0 saturated carbocycles. The summed E-state index contributed by atoms with van der Waals surface area (Å²) in [7, 11) is -3.65. The molecule has 0 N–H and O–H groups in total. The van der Waals surface area contributed by atoms with Gasteiger partial charge in [-0.3, -0.25) is 4.98 Å². The number of fused-ring (bicyclic) bond motifs is 1. The monoisotopic (exact) mass is 509 g/mol. The number of nitrogens with zero attached hydrogens (tertiary/aromatic N) is 3. The fourth-order valence-electron chi connectivity index (χ4n) is 4.54. The Morgan fingerprint density at radius 2 is 1.65 bits per heavy atom. The molecule has 2 heterocycles. The van der Waals surface area contributed by atoms with Gasteiger partial charge >= 0.3 is 0 Å². The number of benzene rings is 3. The minimum Gasteiger partial charge on any atom is -0.252 e. The van der Waals surface area contributed by atoms with Crippen molar-refractivity contribution < 1.29 is 8.42 Å². The maximum absolute atomic E-state index is 12.7. The molecule has 1 aliphatic heterocycles. The average molecular weight is 510 g/mol. The summed E-state index contributed by atoms with van der Waals surface area (Å²) in [4.78, 5) is 4.82. The van der Waals surface area contributed by atoms with Crippen molar-refractivity contribution in [2.75, 3.05) is 6.26 Å². The van der Waals surface area contributed by atoms with E-state index in [0.29, 0.717) is 27.7 Å². The van der Waals surface area contributed by atoms with Crippen LogP contribution >= 0.6 is 23.2 Å². The van der Waals surface area contributed by atoms with Gasteiger partial charge in [0.2, 0.25) is 10.0 Å². The van der Waals surface area contributed by atoms with Crippen LogP contribution in [0.3, 0.4) is 0 Å². The van der Waals surface area contributed by atoms with Crippen LogP contribution in [-0.2, 0) is 10.0 Å². The molecule has 172 valence electrons. The highest BCUT2D eigenvalue weighted by Crippen LogP contribution is 2.42. The SMILES string of the molecule is Cc1nc2ccc(Cl)cc2c(-c2ccccc2)c1C1=NN(S(C)(=O)=O)[C@@H](c2ccccc2Cl)C1. The fourth-order valence-corrected chi connectivity index (χ4v) is 5.87. The molecule has 1 atom stereocenters. The predicted octanol–water partition coefficient (Wildman–Crippen LogP) is 6.63. The van der Waals surface area contributed by atoms with Crippen LogP contribution in [-0.4, -0.2) is 29.8 Å². The van der Waals surface area contributed by atoms with Gasteiger partial charge in [-0.1, -0.05) is 71.7 Å². The largest absolute Gasteiger partial charge is 0.252 e. The molecule has 1 aromatic heterocycles. The summed E-state index contributed by atoms with van der Waals surface area (Å²) in [5.41, 5.74) is 5.64. The third kappa shape index (κ3) is 4.06. The highest BCUT2D eigenvalue weighted by molar-refractivity contribution is 7.88. The molecule has 0 fully saturated rings. The lowest BCUT2D eigenvalue weighted by molar-refractivity contribution is 0.375. The Balaban J connectivity index is 1.78. The molecule has 3 aromatic carbocycles. The van der Waals surface area contributed by atoms with Crippen molar-refractivity contribution in [3.05, 3.63) is 99.7 Å². The van der Waals surface area contributed by atoms with Crippen molar-refractivity contribution in [1.29, 1.82) is 0 Å². The van der Waals surface area contributed by atoms with Crippen molar-refractivity contribution in [1.82, 2.24) is 9.40 Å². The maximum Gasteiger partial charge on any atom is 0.247 e. The van der Waals surface area contributed by atoms with Gasteiger partial charge in [-0.05, 0) is 42.3 Å². The summed E-state index contributed by atoms with van der Waals surface area (Å²) in [5, 5.41) is 6.62. The lowest BCUT2D eigenvalue weighted by Gasteiger charge is -2.22. The van der Waals surface area contributed by atoms with Crippen molar-refractivity contribution in [2.24, 2.45) is 5.10 Å². The number of rotatable bonds is 4. The van der Waals surface area contributed by atoms with E-state index in [1.165, 1.54) is 4.41 Å². The van der Waals surface area contributed by atoms with Gasteiger partial charge in [-0.2, -0.15) is 9.52 Å². The average Bonchev–Trinajstić information content (AvgIpc) is 3.25. The number of aromatic nitrogens is 1. The summed E-state index contributed by atoms with van der Waals surface area (Å²) in [6, 6.07) is 22.3. The normalized spacial score (nSPS) is 16.2. The van der Waals surface area contributed by atoms with E-state index in [2.05, 4.69) is 5.10 Å². The van der Waals surface area contributed by atoms with Crippen LogP contribution in [0.5, 0.6) is 0 Å². The number of halogens is 2. The van der Waals surface area contributed by atoms with Crippen LogP contribution in [0.2, 0.25) is 10.0 Å². The lowest BCUT2D eigenvalue weighted by atomic mass is 9.89. The van der Waals surface area contributed by atoms with E-state index in [-0.39, 0.29) is 0 Å². The molecule has 0 bridgehead atoms. The second-order valence-electron chi connectivity index (χ2n) is 8.30. The van der Waals surface area contributed by atoms with Crippen LogP contribution in [0.1, 0.15) is 29.3 Å². The number of aryl methyl sites for hydroxylation is 1. The highest BCUT2D eigenvalue weighted by atomic mass is 35.5. The van der Waals surface area contributed by atoms with E-state index in [4.69, 9.17) is 28.2 Å². The maximum atomic E-state index is 12.7. The van der Waals surface area contributed by atoms with Crippen LogP contribution in [0.25, 0.3) is 22.0 Å². The van der Waals surface area contributed by atoms with E-state index < -0.39 is 16.1 Å². The van der Waals surface area contributed by atoms with Crippen molar-refractivity contribution in [3.63, 3.8) is 0 Å². The van der Waals surface area contributed by atoms with Gasteiger partial charge in [-0.15, -0.1) is 0 Å². The molecule has 1 aliphatic rings. The van der Waals surface area contributed by atoms with Crippen LogP contribution in [0.4, 0.5) is 0 Å². The summed E-state index contributed by atoms with van der Waals surface area (Å²) in [5.74, 6) is 0. The van der Waals surface area contributed by atoms with Gasteiger partial charge in [0.15, 0.2) is 0 Å². The Bertz CT molecular complexity index is 1550. The Kier molecular flexibility index (Phi) is 5.84. The standard InChI is InChI=1S/C26H21Cl2N3O2S/c1-16-25(23-15-24(31(30-23)34(2,32)33)19-10-6-7-11-21(19)28)26(17-8-4-3-5-9-17)20-14-18(27)12-13-22(20)29-16/h3-14,24H,15H2,1-2H3/t24-/m1/s1. The Morgan fingerprint density at radius 3 is 2.35 bits per heavy atom. The number of sulfonamides is 1. The summed E-state index contributed by atoms with van der Waals surface area (Å²) in [6.07, 6.45) is 1.53. The Labute approximate surface area is 208 Å². The number of hydrazone groups is 1. The minimum atomic E-state index is -3.65. The first-order valence-electron chi connectivity index (χ1n) is 10.7. The molecule has 8 heteroatoms. The van der Waals surface area contributed by atoms with Crippen LogP contribution < -0.4 is 0 Å². The molecule has 5 rings (SSSR count). The van der Waals surface area contributed by atoms with E-state index >= 15 is 0 Å². The minimum absolute atomic E-state index is 0.366. The third-order valence-electron chi connectivity index (χ3n) is 5.96. The van der Waals surface area contributed by atoms with Crippen molar-refractivity contribution in [3.8, 4) is 11.1 Å². The number of pyridine rings is 1. The summed E-state index contributed by atoms with van der Waals surface area (Å²) in [6.45, 7) is 1.92. The second-order valence-corrected chi connectivity index (χ2v) is 11.0. The fraction of sp³-hybridized carbons (Fsp3) is 0.154. The van der Waals surface area contributed by atoms with E-state index in [0.717, 1.165) is 39.5 Å². The quantitative estimate of drug-likeness (QED) is 0.310. The Morgan fingerprint density at radius 1 is 0.941 bits per heavy atom. The van der Waals surface area contributed by atoms with E-state index in [1.807, 2.05) is 73.7 Å². The van der Waals surface area contributed by atoms with Crippen LogP contribution in [0.15, 0.2) is 77.9 Å². The van der Waals surface area contributed by atoms with Crippen molar-refractivity contribution in [2.45, 2.75) is 19.4 Å². The van der Waals surface area contributed by atoms with Crippen LogP contribution in [0, 0.1) is 6.92 Å². The van der Waals surface area contributed by atoms with Gasteiger partial charge in [0.1, 0.15) is 0 Å². The zero-order valence-electron chi connectivity index (χ0n) is 18.5. The molecule has 0 unspecified atom stereocenters.